The van der Waals surface area contributed by atoms with Crippen LogP contribution in [0, 0.1) is 13.8 Å². The van der Waals surface area contributed by atoms with Gasteiger partial charge < -0.3 is 20.1 Å². The van der Waals surface area contributed by atoms with Crippen molar-refractivity contribution in [3.8, 4) is 0 Å². The monoisotopic (exact) mass is 441 g/mol. The second kappa shape index (κ2) is 10.0. The minimum atomic E-state index is -1.09. The lowest BCUT2D eigenvalue weighted by Gasteiger charge is -2.17. The number of methoxy groups -OCH3 is 1. The number of hydrogen-bond donors (Lipinski definition) is 2. The highest BCUT2D eigenvalue weighted by molar-refractivity contribution is 7.21. The van der Waals surface area contributed by atoms with Crippen molar-refractivity contribution < 1.29 is 23.9 Å². The number of nitrogens with one attached hydrogen (secondary N) is 2. The van der Waals surface area contributed by atoms with Crippen LogP contribution in [0.2, 0.25) is 0 Å². The summed E-state index contributed by atoms with van der Waals surface area (Å²) in [5, 5.41) is 5.09. The first kappa shape index (κ1) is 22.2. The van der Waals surface area contributed by atoms with E-state index in [4.69, 9.17) is 9.47 Å². The average molecular weight is 442 g/mol. The van der Waals surface area contributed by atoms with E-state index < -0.39 is 18.1 Å². The van der Waals surface area contributed by atoms with Gasteiger partial charge in [0.2, 0.25) is 0 Å². The molecule has 0 spiro atoms. The maximum absolute atomic E-state index is 12.6. The van der Waals surface area contributed by atoms with Crippen LogP contribution in [0.4, 0.5) is 4.79 Å². The predicted molar refractivity (Wildman–Crippen MR) is 117 cm³/mol. The lowest BCUT2D eigenvalue weighted by Crippen LogP contribution is -2.49. The van der Waals surface area contributed by atoms with Crippen LogP contribution in [0.3, 0.4) is 0 Å². The number of thiophene rings is 1. The lowest BCUT2D eigenvalue weighted by molar-refractivity contribution is -0.142. The van der Waals surface area contributed by atoms with Crippen molar-refractivity contribution in [2.45, 2.75) is 26.5 Å². The van der Waals surface area contributed by atoms with Gasteiger partial charge in [0.1, 0.15) is 12.6 Å². The molecule has 2 N–H and O–H groups in total. The summed E-state index contributed by atoms with van der Waals surface area (Å²) >= 11 is 1.33. The van der Waals surface area contributed by atoms with Crippen molar-refractivity contribution in [1.29, 1.82) is 0 Å². The topological polar surface area (TPSA) is 107 Å². The molecule has 2 amide bonds. The Morgan fingerprint density at radius 1 is 1.16 bits per heavy atom. The Bertz CT molecular complexity index is 1100. The van der Waals surface area contributed by atoms with E-state index in [0.717, 1.165) is 26.9 Å². The molecule has 31 heavy (non-hydrogen) atoms. The molecule has 2 aromatic heterocycles. The zero-order valence-electron chi connectivity index (χ0n) is 17.4. The van der Waals surface area contributed by atoms with Crippen molar-refractivity contribution in [3.63, 3.8) is 0 Å². The summed E-state index contributed by atoms with van der Waals surface area (Å²) in [6, 6.07) is 9.76. The molecule has 3 aromatic rings. The van der Waals surface area contributed by atoms with Crippen LogP contribution in [-0.2, 0) is 20.9 Å². The Kier molecular flexibility index (Phi) is 7.19. The summed E-state index contributed by atoms with van der Waals surface area (Å²) in [6.07, 6.45) is 0.982. The van der Waals surface area contributed by atoms with Crippen molar-refractivity contribution >= 4 is 39.5 Å². The molecule has 1 atom stereocenters. The summed E-state index contributed by atoms with van der Waals surface area (Å²) in [5.74, 6) is -1.06. The Hall–Kier alpha value is -3.46. The second-order valence-corrected chi connectivity index (χ2v) is 7.94. The molecule has 9 heteroatoms. The van der Waals surface area contributed by atoms with Gasteiger partial charge >= 0.3 is 12.1 Å². The van der Waals surface area contributed by atoms with E-state index in [9.17, 15) is 14.4 Å². The van der Waals surface area contributed by atoms with E-state index in [2.05, 4.69) is 15.6 Å². The molecule has 8 nitrogen and oxygen atoms in total. The van der Waals surface area contributed by atoms with Crippen molar-refractivity contribution in [2.24, 2.45) is 0 Å². The number of rotatable bonds is 7. The Labute approximate surface area is 183 Å². The maximum Gasteiger partial charge on any atom is 0.408 e. The maximum atomic E-state index is 12.6. The molecule has 0 aliphatic heterocycles. The van der Waals surface area contributed by atoms with E-state index in [-0.39, 0.29) is 19.1 Å². The number of benzene rings is 1. The SMILES string of the molecule is COC(=O)[C@@H](CNC(=O)c1cc2ncc(C)c(C)c2s1)NC(=O)OCc1ccccc1. The largest absolute Gasteiger partial charge is 0.467 e. The Morgan fingerprint density at radius 3 is 2.61 bits per heavy atom. The van der Waals surface area contributed by atoms with Gasteiger partial charge in [0.15, 0.2) is 0 Å². The smallest absolute Gasteiger partial charge is 0.408 e. The van der Waals surface area contributed by atoms with Crippen molar-refractivity contribution in [3.05, 3.63) is 64.2 Å². The summed E-state index contributed by atoms with van der Waals surface area (Å²) in [7, 11) is 1.21. The van der Waals surface area contributed by atoms with Gasteiger partial charge in [0, 0.05) is 12.7 Å². The van der Waals surface area contributed by atoms with Crippen LogP contribution >= 0.6 is 11.3 Å². The van der Waals surface area contributed by atoms with Gasteiger partial charge in [-0.15, -0.1) is 11.3 Å². The number of pyridine rings is 1. The molecule has 0 saturated heterocycles. The molecule has 0 saturated carbocycles. The number of carbonyl (C=O) groups excluding carboxylic acids is 3. The third-order valence-corrected chi connectivity index (χ3v) is 5.97. The number of nitrogens with zero attached hydrogens (tertiary/aromatic N) is 1. The van der Waals surface area contributed by atoms with Gasteiger partial charge in [-0.1, -0.05) is 30.3 Å². The zero-order chi connectivity index (χ0) is 22.4. The minimum Gasteiger partial charge on any atom is -0.467 e. The highest BCUT2D eigenvalue weighted by Crippen LogP contribution is 2.28. The molecular weight excluding hydrogens is 418 g/mol. The summed E-state index contributed by atoms with van der Waals surface area (Å²) in [5.41, 5.74) is 3.67. The van der Waals surface area contributed by atoms with Gasteiger partial charge in [-0.25, -0.2) is 9.59 Å². The lowest BCUT2D eigenvalue weighted by atomic mass is 10.2. The van der Waals surface area contributed by atoms with E-state index in [1.807, 2.05) is 44.2 Å². The zero-order valence-corrected chi connectivity index (χ0v) is 18.2. The standard InChI is InChI=1S/C22H23N3O5S/c1-13-10-23-16-9-18(31-19(16)14(13)2)20(26)24-11-17(21(27)29-3)25-22(28)30-12-15-7-5-4-6-8-15/h4-10,17H,11-12H2,1-3H3,(H,24,26)(H,25,28)/t17-/m1/s1. The molecule has 1 aromatic carbocycles. The number of esters is 1. The quantitative estimate of drug-likeness (QED) is 0.546. The number of amides is 2. The number of alkyl carbamates (subject to hydrolysis) is 1. The fourth-order valence-electron chi connectivity index (χ4n) is 2.82. The van der Waals surface area contributed by atoms with Crippen LogP contribution in [0.5, 0.6) is 0 Å². The van der Waals surface area contributed by atoms with Crippen LogP contribution in [0.25, 0.3) is 10.2 Å². The molecule has 0 unspecified atom stereocenters. The molecule has 2 heterocycles. The third-order valence-electron chi connectivity index (χ3n) is 4.72. The minimum absolute atomic E-state index is 0.0560. The molecule has 0 aliphatic rings. The first-order valence-corrected chi connectivity index (χ1v) is 10.4. The number of hydrogen-bond acceptors (Lipinski definition) is 7. The molecule has 0 aliphatic carbocycles. The van der Waals surface area contributed by atoms with Crippen LogP contribution in [0.15, 0.2) is 42.6 Å². The van der Waals surface area contributed by atoms with Gasteiger partial charge in [-0.05, 0) is 36.6 Å². The average Bonchev–Trinajstić information content (AvgIpc) is 3.23. The Morgan fingerprint density at radius 2 is 1.90 bits per heavy atom. The summed E-state index contributed by atoms with van der Waals surface area (Å²) in [6.45, 7) is 3.85. The normalized spacial score (nSPS) is 11.6. The molecule has 3 rings (SSSR count). The van der Waals surface area contributed by atoms with Crippen LogP contribution in [-0.4, -0.2) is 42.7 Å². The van der Waals surface area contributed by atoms with Gasteiger partial charge in [0.25, 0.3) is 5.91 Å². The molecule has 0 fully saturated rings. The van der Waals surface area contributed by atoms with Gasteiger partial charge in [-0.3, -0.25) is 9.78 Å². The van der Waals surface area contributed by atoms with Crippen molar-refractivity contribution in [1.82, 2.24) is 15.6 Å². The van der Waals surface area contributed by atoms with E-state index in [1.165, 1.54) is 18.4 Å². The second-order valence-electron chi connectivity index (χ2n) is 6.88. The van der Waals surface area contributed by atoms with Gasteiger partial charge in [-0.2, -0.15) is 0 Å². The first-order valence-electron chi connectivity index (χ1n) is 9.58. The molecule has 0 bridgehead atoms. The molecular formula is C22H23N3O5S. The number of ether oxygens (including phenoxy) is 2. The van der Waals surface area contributed by atoms with E-state index in [0.29, 0.717) is 4.88 Å². The number of aryl methyl sites for hydroxylation is 2. The Balaban J connectivity index is 1.60. The van der Waals surface area contributed by atoms with E-state index >= 15 is 0 Å². The highest BCUT2D eigenvalue weighted by Gasteiger charge is 2.24. The van der Waals surface area contributed by atoms with Crippen LogP contribution in [0.1, 0.15) is 26.4 Å². The van der Waals surface area contributed by atoms with E-state index in [1.54, 1.807) is 12.3 Å². The number of carbonyl (C=O) groups is 3. The highest BCUT2D eigenvalue weighted by atomic mass is 32.1. The summed E-state index contributed by atoms with van der Waals surface area (Å²) < 4.78 is 10.8. The van der Waals surface area contributed by atoms with Crippen LogP contribution < -0.4 is 10.6 Å². The molecule has 0 radical (unpaired) electrons. The number of aromatic nitrogens is 1. The predicted octanol–water partition coefficient (Wildman–Crippen LogP) is 3.11. The molecule has 162 valence electrons. The third kappa shape index (κ3) is 5.58. The number of fused-ring (bicyclic) bond motifs is 1. The van der Waals surface area contributed by atoms with Crippen molar-refractivity contribution in [2.75, 3.05) is 13.7 Å². The fourth-order valence-corrected chi connectivity index (χ4v) is 3.91. The summed E-state index contributed by atoms with van der Waals surface area (Å²) in [4.78, 5) is 41.5. The van der Waals surface area contributed by atoms with Gasteiger partial charge in [0.05, 0.1) is 22.2 Å². The fraction of sp³-hybridized carbons (Fsp3) is 0.273. The first-order chi connectivity index (χ1) is 14.9.